The van der Waals surface area contributed by atoms with Gasteiger partial charge in [0.05, 0.1) is 6.61 Å². The van der Waals surface area contributed by atoms with Crippen LogP contribution in [0.15, 0.2) is 60.7 Å². The van der Waals surface area contributed by atoms with Crippen LogP contribution in [-0.2, 0) is 15.3 Å². The van der Waals surface area contributed by atoms with Crippen molar-refractivity contribution in [1.29, 1.82) is 0 Å². The van der Waals surface area contributed by atoms with E-state index in [4.69, 9.17) is 9.47 Å². The smallest absolute Gasteiger partial charge is 0.222 e. The third-order valence-corrected chi connectivity index (χ3v) is 4.87. The zero-order chi connectivity index (χ0) is 15.5. The van der Waals surface area contributed by atoms with Crippen LogP contribution in [0.25, 0.3) is 0 Å². The molecule has 0 aromatic heterocycles. The summed E-state index contributed by atoms with van der Waals surface area (Å²) in [6, 6.07) is 20.9. The van der Waals surface area contributed by atoms with Gasteiger partial charge < -0.3 is 14.8 Å². The third-order valence-electron chi connectivity index (χ3n) is 4.87. The van der Waals surface area contributed by atoms with Gasteiger partial charge in [0.15, 0.2) is 0 Å². The fraction of sp³-hybridized carbons (Fsp3) is 0.400. The Bertz CT molecular complexity index is 583. The van der Waals surface area contributed by atoms with Gasteiger partial charge in [-0.1, -0.05) is 67.1 Å². The van der Waals surface area contributed by atoms with E-state index in [-0.39, 0.29) is 6.10 Å². The summed E-state index contributed by atoms with van der Waals surface area (Å²) in [5.74, 6) is -0.785. The monoisotopic (exact) mass is 309 g/mol. The minimum atomic E-state index is -0.785. The summed E-state index contributed by atoms with van der Waals surface area (Å²) in [5, 5.41) is 3.60. The number of piperidine rings is 1. The molecule has 1 N–H and O–H groups in total. The molecule has 0 saturated carbocycles. The van der Waals surface area contributed by atoms with Gasteiger partial charge in [-0.05, 0) is 19.4 Å². The van der Waals surface area contributed by atoms with Crippen LogP contribution in [0.1, 0.15) is 30.4 Å². The van der Waals surface area contributed by atoms with Crippen molar-refractivity contribution in [2.45, 2.75) is 37.2 Å². The first-order valence-electron chi connectivity index (χ1n) is 8.55. The quantitative estimate of drug-likeness (QED) is 0.942. The Kier molecular flexibility index (Phi) is 4.17. The van der Waals surface area contributed by atoms with Crippen LogP contribution in [0.2, 0.25) is 0 Å². The Morgan fingerprint density at radius 1 is 0.870 bits per heavy atom. The van der Waals surface area contributed by atoms with E-state index in [1.54, 1.807) is 0 Å². The highest BCUT2D eigenvalue weighted by Crippen LogP contribution is 2.41. The maximum absolute atomic E-state index is 6.58. The van der Waals surface area contributed by atoms with Gasteiger partial charge in [-0.2, -0.15) is 0 Å². The van der Waals surface area contributed by atoms with Crippen LogP contribution < -0.4 is 5.32 Å². The average molecular weight is 309 g/mol. The van der Waals surface area contributed by atoms with Crippen molar-refractivity contribution in [3.8, 4) is 0 Å². The molecule has 0 aliphatic carbocycles. The molecule has 0 radical (unpaired) electrons. The highest BCUT2D eigenvalue weighted by molar-refractivity contribution is 5.34. The van der Waals surface area contributed by atoms with Crippen molar-refractivity contribution in [3.05, 3.63) is 71.8 Å². The van der Waals surface area contributed by atoms with E-state index in [1.165, 1.54) is 12.8 Å². The molecule has 2 atom stereocenters. The Morgan fingerprint density at radius 3 is 2.09 bits per heavy atom. The summed E-state index contributed by atoms with van der Waals surface area (Å²) in [6.45, 7) is 1.70. The minimum Gasteiger partial charge on any atom is -0.339 e. The molecule has 2 aliphatic heterocycles. The van der Waals surface area contributed by atoms with E-state index in [0.29, 0.717) is 12.6 Å². The van der Waals surface area contributed by atoms with Gasteiger partial charge >= 0.3 is 0 Å². The molecule has 2 aliphatic rings. The molecule has 2 aromatic rings. The highest BCUT2D eigenvalue weighted by atomic mass is 16.7. The number of benzene rings is 2. The van der Waals surface area contributed by atoms with Gasteiger partial charge in [0, 0.05) is 17.2 Å². The van der Waals surface area contributed by atoms with Gasteiger partial charge in [0.25, 0.3) is 0 Å². The summed E-state index contributed by atoms with van der Waals surface area (Å²) >= 11 is 0. The molecule has 2 saturated heterocycles. The number of rotatable bonds is 3. The predicted octanol–water partition coefficient (Wildman–Crippen LogP) is 3.45. The molecule has 3 nitrogen and oxygen atoms in total. The molecule has 23 heavy (non-hydrogen) atoms. The fourth-order valence-electron chi connectivity index (χ4n) is 3.66. The molecule has 2 fully saturated rings. The van der Waals surface area contributed by atoms with Crippen LogP contribution in [0.5, 0.6) is 0 Å². The zero-order valence-electron chi connectivity index (χ0n) is 13.3. The standard InChI is InChI=1S/C20H23NO2/c1-3-9-16(10-4-1)20(17-11-5-2-6-12-17)22-15-19(23-20)18-13-7-8-14-21-18/h1-6,9-12,18-19,21H,7-8,13-15H2/t18-,19-/m1/s1. The Morgan fingerprint density at radius 2 is 1.52 bits per heavy atom. The van der Waals surface area contributed by atoms with E-state index in [1.807, 2.05) is 36.4 Å². The average Bonchev–Trinajstić information content (AvgIpc) is 3.11. The summed E-state index contributed by atoms with van der Waals surface area (Å²) < 4.78 is 12.9. The summed E-state index contributed by atoms with van der Waals surface area (Å²) in [7, 11) is 0. The molecular weight excluding hydrogens is 286 g/mol. The fourth-order valence-corrected chi connectivity index (χ4v) is 3.66. The normalized spacial score (nSPS) is 27.0. The van der Waals surface area contributed by atoms with Crippen LogP contribution in [-0.4, -0.2) is 25.3 Å². The first kappa shape index (κ1) is 14.9. The Hall–Kier alpha value is -1.68. The van der Waals surface area contributed by atoms with E-state index in [9.17, 15) is 0 Å². The molecule has 120 valence electrons. The summed E-state index contributed by atoms with van der Waals surface area (Å²) in [5.41, 5.74) is 2.12. The lowest BCUT2D eigenvalue weighted by Crippen LogP contribution is -2.45. The summed E-state index contributed by atoms with van der Waals surface area (Å²) in [6.07, 6.45) is 3.78. The third kappa shape index (κ3) is 2.80. The van der Waals surface area contributed by atoms with E-state index >= 15 is 0 Å². The van der Waals surface area contributed by atoms with E-state index in [0.717, 1.165) is 24.1 Å². The van der Waals surface area contributed by atoms with Gasteiger partial charge in [0.1, 0.15) is 6.10 Å². The second-order valence-electron chi connectivity index (χ2n) is 6.37. The SMILES string of the molecule is c1ccc(C2(c3ccccc3)OC[C@H]([C@H]3CCCCN3)O2)cc1. The second kappa shape index (κ2) is 6.44. The second-order valence-corrected chi connectivity index (χ2v) is 6.37. The van der Waals surface area contributed by atoms with Crippen molar-refractivity contribution in [3.63, 3.8) is 0 Å². The lowest BCUT2D eigenvalue weighted by molar-refractivity contribution is -0.146. The maximum Gasteiger partial charge on any atom is 0.222 e. The molecule has 0 unspecified atom stereocenters. The van der Waals surface area contributed by atoms with Gasteiger partial charge in [0.2, 0.25) is 5.79 Å². The van der Waals surface area contributed by atoms with E-state index in [2.05, 4.69) is 29.6 Å². The molecule has 0 bridgehead atoms. The molecule has 2 aromatic carbocycles. The van der Waals surface area contributed by atoms with Gasteiger partial charge in [-0.15, -0.1) is 0 Å². The van der Waals surface area contributed by atoms with Crippen LogP contribution >= 0.6 is 0 Å². The Labute approximate surface area is 137 Å². The first-order valence-corrected chi connectivity index (χ1v) is 8.55. The molecule has 3 heteroatoms. The lowest BCUT2D eigenvalue weighted by atomic mass is 9.97. The first-order chi connectivity index (χ1) is 11.4. The van der Waals surface area contributed by atoms with Gasteiger partial charge in [-0.25, -0.2) is 0 Å². The lowest BCUT2D eigenvalue weighted by Gasteiger charge is -2.32. The van der Waals surface area contributed by atoms with Crippen LogP contribution in [0, 0.1) is 0 Å². The van der Waals surface area contributed by atoms with Crippen molar-refractivity contribution < 1.29 is 9.47 Å². The summed E-state index contributed by atoms with van der Waals surface area (Å²) in [4.78, 5) is 0. The Balaban J connectivity index is 1.68. The van der Waals surface area contributed by atoms with E-state index < -0.39 is 5.79 Å². The maximum atomic E-state index is 6.58. The largest absolute Gasteiger partial charge is 0.339 e. The molecular formula is C20H23NO2. The number of hydrogen-bond donors (Lipinski definition) is 1. The van der Waals surface area contributed by atoms with Crippen molar-refractivity contribution in [2.24, 2.45) is 0 Å². The van der Waals surface area contributed by atoms with Crippen molar-refractivity contribution in [1.82, 2.24) is 5.32 Å². The predicted molar refractivity (Wildman–Crippen MR) is 90.1 cm³/mol. The number of ether oxygens (including phenoxy) is 2. The highest BCUT2D eigenvalue weighted by Gasteiger charge is 2.47. The topological polar surface area (TPSA) is 30.5 Å². The molecule has 2 heterocycles. The van der Waals surface area contributed by atoms with Gasteiger partial charge in [-0.3, -0.25) is 0 Å². The van der Waals surface area contributed by atoms with Crippen molar-refractivity contribution in [2.75, 3.05) is 13.2 Å². The van der Waals surface area contributed by atoms with Crippen LogP contribution in [0.3, 0.4) is 0 Å². The minimum absolute atomic E-state index is 0.0933. The van der Waals surface area contributed by atoms with Crippen LogP contribution in [0.4, 0.5) is 0 Å². The zero-order valence-corrected chi connectivity index (χ0v) is 13.3. The molecule has 0 spiro atoms. The number of hydrogen-bond acceptors (Lipinski definition) is 3. The molecule has 0 amide bonds. The number of nitrogens with one attached hydrogen (secondary N) is 1. The molecule has 4 rings (SSSR count). The van der Waals surface area contributed by atoms with Crippen molar-refractivity contribution >= 4 is 0 Å².